The van der Waals surface area contributed by atoms with Gasteiger partial charge in [-0.15, -0.1) is 0 Å². The van der Waals surface area contributed by atoms with Crippen molar-refractivity contribution in [3.63, 3.8) is 0 Å². The van der Waals surface area contributed by atoms with E-state index in [1.54, 1.807) is 21.7 Å². The Morgan fingerprint density at radius 2 is 2.00 bits per heavy atom. The zero-order valence-corrected chi connectivity index (χ0v) is 15.4. The van der Waals surface area contributed by atoms with E-state index < -0.39 is 12.1 Å². The van der Waals surface area contributed by atoms with Gasteiger partial charge in [0.25, 0.3) is 5.91 Å². The number of aryl methyl sites for hydroxylation is 1. The number of amides is 1. The molecule has 1 aliphatic heterocycles. The van der Waals surface area contributed by atoms with Crippen molar-refractivity contribution in [1.29, 1.82) is 0 Å². The van der Waals surface area contributed by atoms with Crippen molar-refractivity contribution in [3.05, 3.63) is 46.2 Å². The second-order valence-electron chi connectivity index (χ2n) is 6.29. The minimum Gasteiger partial charge on any atom is -0.481 e. The first kappa shape index (κ1) is 18.4. The lowest BCUT2D eigenvalue weighted by atomic mass is 10.1. The summed E-state index contributed by atoms with van der Waals surface area (Å²) < 4.78 is 7.15. The van der Waals surface area contributed by atoms with Crippen LogP contribution in [-0.2, 0) is 9.53 Å². The number of carbonyl (C=O) groups excluding carboxylic acids is 1. The Bertz CT molecular complexity index is 832. The number of halogens is 1. The number of carboxylic acid groups (broad SMARTS) is 1. The van der Waals surface area contributed by atoms with Crippen molar-refractivity contribution < 1.29 is 19.4 Å². The number of aromatic nitrogens is 2. The first-order valence-electron chi connectivity index (χ1n) is 8.31. The molecule has 1 amide bonds. The molecule has 2 heterocycles. The van der Waals surface area contributed by atoms with Gasteiger partial charge >= 0.3 is 5.97 Å². The lowest BCUT2D eigenvalue weighted by Crippen LogP contribution is -2.46. The zero-order chi connectivity index (χ0) is 18.8. The van der Waals surface area contributed by atoms with Crippen LogP contribution < -0.4 is 0 Å². The Kier molecular flexibility index (Phi) is 5.29. The molecule has 1 saturated heterocycles. The first-order chi connectivity index (χ1) is 12.4. The van der Waals surface area contributed by atoms with Crippen LogP contribution >= 0.6 is 11.6 Å². The van der Waals surface area contributed by atoms with E-state index in [1.807, 2.05) is 26.0 Å². The topological polar surface area (TPSA) is 84.7 Å². The van der Waals surface area contributed by atoms with Crippen LogP contribution in [0.3, 0.4) is 0 Å². The lowest BCUT2D eigenvalue weighted by Gasteiger charge is -2.32. The molecular weight excluding hydrogens is 358 g/mol. The van der Waals surface area contributed by atoms with Gasteiger partial charge in [-0.1, -0.05) is 11.6 Å². The van der Waals surface area contributed by atoms with Crippen molar-refractivity contribution in [2.24, 2.45) is 0 Å². The molecule has 0 radical (unpaired) electrons. The van der Waals surface area contributed by atoms with Gasteiger partial charge in [-0.3, -0.25) is 9.59 Å². The minimum atomic E-state index is -0.933. The largest absolute Gasteiger partial charge is 0.481 e. The highest BCUT2D eigenvalue weighted by Gasteiger charge is 2.26. The van der Waals surface area contributed by atoms with Gasteiger partial charge in [-0.25, -0.2) is 4.68 Å². The quantitative estimate of drug-likeness (QED) is 0.884. The lowest BCUT2D eigenvalue weighted by molar-refractivity contribution is -0.141. The molecule has 8 heteroatoms. The van der Waals surface area contributed by atoms with Crippen LogP contribution in [0.1, 0.15) is 28.2 Å². The molecule has 7 nitrogen and oxygen atoms in total. The van der Waals surface area contributed by atoms with E-state index >= 15 is 0 Å². The van der Waals surface area contributed by atoms with E-state index in [9.17, 15) is 9.59 Å². The summed E-state index contributed by atoms with van der Waals surface area (Å²) in [6, 6.07) is 7.11. The Labute approximate surface area is 156 Å². The summed E-state index contributed by atoms with van der Waals surface area (Å²) in [5.41, 5.74) is 2.95. The highest BCUT2D eigenvalue weighted by molar-refractivity contribution is 6.31. The molecule has 1 aromatic carbocycles. The Morgan fingerprint density at radius 1 is 1.31 bits per heavy atom. The average Bonchev–Trinajstić information content (AvgIpc) is 2.88. The molecule has 1 atom stereocenters. The Balaban J connectivity index is 1.74. The maximum Gasteiger partial charge on any atom is 0.306 e. The van der Waals surface area contributed by atoms with Gasteiger partial charge in [0.05, 0.1) is 41.2 Å². The molecule has 0 spiro atoms. The van der Waals surface area contributed by atoms with Crippen LogP contribution in [0.25, 0.3) is 5.69 Å². The number of ether oxygens (including phenoxy) is 1. The normalized spacial score (nSPS) is 17.3. The number of aliphatic carboxylic acids is 1. The number of morpholine rings is 1. The van der Waals surface area contributed by atoms with E-state index in [0.29, 0.717) is 23.7 Å². The van der Waals surface area contributed by atoms with E-state index in [-0.39, 0.29) is 18.9 Å². The SMILES string of the molecule is Cc1nn(-c2ccc(C(=O)N3CCO[C@@H](CC(=O)O)C3)cc2)c(C)c1Cl. The van der Waals surface area contributed by atoms with Crippen LogP contribution in [-0.4, -0.2) is 57.5 Å². The smallest absolute Gasteiger partial charge is 0.306 e. The van der Waals surface area contributed by atoms with Gasteiger partial charge in [0.1, 0.15) is 0 Å². The second-order valence-corrected chi connectivity index (χ2v) is 6.66. The molecule has 0 unspecified atom stereocenters. The van der Waals surface area contributed by atoms with E-state index in [4.69, 9.17) is 21.4 Å². The zero-order valence-electron chi connectivity index (χ0n) is 14.6. The van der Waals surface area contributed by atoms with Crippen molar-refractivity contribution in [2.75, 3.05) is 19.7 Å². The Morgan fingerprint density at radius 3 is 2.58 bits per heavy atom. The number of carbonyl (C=O) groups is 2. The molecule has 0 saturated carbocycles. The predicted molar refractivity (Wildman–Crippen MR) is 95.9 cm³/mol. The summed E-state index contributed by atoms with van der Waals surface area (Å²) >= 11 is 6.18. The Hall–Kier alpha value is -2.38. The van der Waals surface area contributed by atoms with Crippen molar-refractivity contribution in [2.45, 2.75) is 26.4 Å². The fraction of sp³-hybridized carbons (Fsp3) is 0.389. The summed E-state index contributed by atoms with van der Waals surface area (Å²) in [4.78, 5) is 25.2. The van der Waals surface area contributed by atoms with Crippen LogP contribution in [0, 0.1) is 13.8 Å². The van der Waals surface area contributed by atoms with Gasteiger partial charge in [-0.05, 0) is 38.1 Å². The van der Waals surface area contributed by atoms with Gasteiger partial charge in [-0.2, -0.15) is 5.10 Å². The summed E-state index contributed by atoms with van der Waals surface area (Å²) in [6.07, 6.45) is -0.581. The van der Waals surface area contributed by atoms with Gasteiger partial charge in [0.2, 0.25) is 0 Å². The number of benzene rings is 1. The molecule has 1 N–H and O–H groups in total. The molecule has 3 rings (SSSR count). The van der Waals surface area contributed by atoms with Gasteiger partial charge < -0.3 is 14.7 Å². The van der Waals surface area contributed by atoms with E-state index in [2.05, 4.69) is 5.10 Å². The van der Waals surface area contributed by atoms with Crippen LogP contribution in [0.2, 0.25) is 5.02 Å². The molecular formula is C18H20ClN3O4. The van der Waals surface area contributed by atoms with Crippen LogP contribution in [0.5, 0.6) is 0 Å². The maximum absolute atomic E-state index is 12.7. The molecule has 1 aromatic heterocycles. The molecule has 1 aliphatic rings. The highest BCUT2D eigenvalue weighted by Crippen LogP contribution is 2.23. The number of carboxylic acids is 1. The fourth-order valence-corrected chi connectivity index (χ4v) is 3.14. The number of hydrogen-bond acceptors (Lipinski definition) is 4. The third-order valence-electron chi connectivity index (χ3n) is 4.39. The van der Waals surface area contributed by atoms with Crippen molar-refractivity contribution in [1.82, 2.24) is 14.7 Å². The van der Waals surface area contributed by atoms with Gasteiger partial charge in [0.15, 0.2) is 0 Å². The molecule has 2 aromatic rings. The monoisotopic (exact) mass is 377 g/mol. The summed E-state index contributed by atoms with van der Waals surface area (Å²) in [6.45, 7) is 4.79. The molecule has 0 bridgehead atoms. The van der Waals surface area contributed by atoms with Crippen molar-refractivity contribution >= 4 is 23.5 Å². The van der Waals surface area contributed by atoms with E-state index in [0.717, 1.165) is 17.1 Å². The third-order valence-corrected chi connectivity index (χ3v) is 4.94. The molecule has 0 aliphatic carbocycles. The summed E-state index contributed by atoms with van der Waals surface area (Å²) in [5, 5.41) is 13.9. The second kappa shape index (κ2) is 7.47. The predicted octanol–water partition coefficient (Wildman–Crippen LogP) is 2.46. The summed E-state index contributed by atoms with van der Waals surface area (Å²) in [7, 11) is 0. The molecule has 1 fully saturated rings. The number of nitrogens with zero attached hydrogens (tertiary/aromatic N) is 3. The average molecular weight is 378 g/mol. The molecule has 26 heavy (non-hydrogen) atoms. The minimum absolute atomic E-state index is 0.110. The van der Waals surface area contributed by atoms with Crippen molar-refractivity contribution in [3.8, 4) is 5.69 Å². The standard InChI is InChI=1S/C18H20ClN3O4/c1-11-17(19)12(2)22(20-11)14-5-3-13(4-6-14)18(25)21-7-8-26-15(10-21)9-16(23)24/h3-6,15H,7-10H2,1-2H3,(H,23,24)/t15-/m0/s1. The van der Waals surface area contributed by atoms with Gasteiger partial charge in [0, 0.05) is 18.7 Å². The third kappa shape index (κ3) is 3.73. The molecule has 138 valence electrons. The van der Waals surface area contributed by atoms with Crippen LogP contribution in [0.4, 0.5) is 0 Å². The number of hydrogen-bond donors (Lipinski definition) is 1. The van der Waals surface area contributed by atoms with Crippen LogP contribution in [0.15, 0.2) is 24.3 Å². The first-order valence-corrected chi connectivity index (χ1v) is 8.69. The summed E-state index contributed by atoms with van der Waals surface area (Å²) in [5.74, 6) is -1.07. The number of rotatable bonds is 4. The fourth-order valence-electron chi connectivity index (χ4n) is 3.02. The van der Waals surface area contributed by atoms with E-state index in [1.165, 1.54) is 0 Å². The highest BCUT2D eigenvalue weighted by atomic mass is 35.5. The maximum atomic E-state index is 12.7.